The van der Waals surface area contributed by atoms with Gasteiger partial charge in [0.25, 0.3) is 0 Å². The Hall–Kier alpha value is -2.36. The van der Waals surface area contributed by atoms with E-state index in [9.17, 15) is 19.4 Å². The highest BCUT2D eigenvalue weighted by Crippen LogP contribution is 2.43. The number of phosphoric ester groups is 1. The van der Waals surface area contributed by atoms with Crippen molar-refractivity contribution in [1.82, 2.24) is 0 Å². The van der Waals surface area contributed by atoms with Crippen LogP contribution in [0, 0.1) is 0 Å². The van der Waals surface area contributed by atoms with Crippen LogP contribution in [0.4, 0.5) is 0 Å². The molecule has 3 atom stereocenters. The standard InChI is InChI=1S/C45H77O9P/c1-3-5-7-9-11-13-15-16-17-18-19-20-21-22-23-24-25-26-27-29-31-33-35-37-45(48)54-44(42-53-55(49,50)52-40-43(47)39-46)41-51-38-36-34-32-30-28-14-12-10-8-6-4-2/h5,7,11,13,16-17,19-20,22-23,25-26,29,31,43-44,46-47H,3-4,6,8-10,12,14-15,18,21,24,27-28,30,32-42H2,1-2H3,(H,49,50)/b7-5-,13-11-,17-16-,20-19-,23-22-,26-25-,31-29-. The van der Waals surface area contributed by atoms with Crippen LogP contribution in [-0.2, 0) is 27.9 Å². The maximum Gasteiger partial charge on any atom is 0.472 e. The van der Waals surface area contributed by atoms with Crippen LogP contribution >= 0.6 is 7.82 Å². The van der Waals surface area contributed by atoms with Crippen LogP contribution in [0.5, 0.6) is 0 Å². The van der Waals surface area contributed by atoms with Crippen LogP contribution in [0.2, 0.25) is 0 Å². The Morgan fingerprint density at radius 2 is 1.02 bits per heavy atom. The lowest BCUT2D eigenvalue weighted by atomic mass is 10.1. The van der Waals surface area contributed by atoms with Gasteiger partial charge in [0.1, 0.15) is 12.2 Å². The van der Waals surface area contributed by atoms with Crippen molar-refractivity contribution < 1.29 is 43.0 Å². The van der Waals surface area contributed by atoms with Gasteiger partial charge < -0.3 is 24.6 Å². The molecule has 0 fully saturated rings. The van der Waals surface area contributed by atoms with Gasteiger partial charge in [-0.25, -0.2) is 4.57 Å². The lowest BCUT2D eigenvalue weighted by Crippen LogP contribution is -2.29. The van der Waals surface area contributed by atoms with E-state index in [-0.39, 0.29) is 13.0 Å². The van der Waals surface area contributed by atoms with Crippen molar-refractivity contribution in [3.05, 3.63) is 85.1 Å². The highest BCUT2D eigenvalue weighted by molar-refractivity contribution is 7.47. The van der Waals surface area contributed by atoms with Crippen LogP contribution in [0.1, 0.15) is 149 Å². The van der Waals surface area contributed by atoms with E-state index in [1.807, 2.05) is 6.08 Å². The first-order chi connectivity index (χ1) is 26.8. The minimum atomic E-state index is -4.53. The Morgan fingerprint density at radius 3 is 1.49 bits per heavy atom. The van der Waals surface area contributed by atoms with Gasteiger partial charge in [-0.1, -0.05) is 163 Å². The lowest BCUT2D eigenvalue weighted by Gasteiger charge is -2.20. The summed E-state index contributed by atoms with van der Waals surface area (Å²) in [6.45, 7) is 3.30. The molecule has 0 rings (SSSR count). The number of hydrogen-bond donors (Lipinski definition) is 3. The fourth-order valence-electron chi connectivity index (χ4n) is 5.17. The zero-order valence-electron chi connectivity index (χ0n) is 34.4. The fourth-order valence-corrected chi connectivity index (χ4v) is 5.96. The van der Waals surface area contributed by atoms with Gasteiger partial charge in [-0.3, -0.25) is 13.8 Å². The molecule has 10 heteroatoms. The first kappa shape index (κ1) is 52.6. The highest BCUT2D eigenvalue weighted by atomic mass is 31.2. The zero-order chi connectivity index (χ0) is 40.3. The summed E-state index contributed by atoms with van der Waals surface area (Å²) in [5, 5.41) is 18.3. The quantitative estimate of drug-likeness (QED) is 0.0241. The van der Waals surface area contributed by atoms with Crippen molar-refractivity contribution in [2.75, 3.05) is 33.0 Å². The molecule has 0 aliphatic carbocycles. The molecule has 0 radical (unpaired) electrons. The predicted molar refractivity (Wildman–Crippen MR) is 228 cm³/mol. The Balaban J connectivity index is 4.30. The molecule has 0 aromatic carbocycles. The number of aliphatic hydroxyl groups is 2. The molecular formula is C45H77O9P. The van der Waals surface area contributed by atoms with E-state index in [0.29, 0.717) is 13.0 Å². The Kier molecular flexibility index (Phi) is 39.5. The molecule has 3 N–H and O–H groups in total. The number of carbonyl (C=O) groups excluding carboxylic acids is 1. The summed E-state index contributed by atoms with van der Waals surface area (Å²) in [4.78, 5) is 22.5. The van der Waals surface area contributed by atoms with Crippen molar-refractivity contribution in [2.45, 2.75) is 161 Å². The molecule has 316 valence electrons. The third kappa shape index (κ3) is 41.1. The Bertz CT molecular complexity index is 1130. The van der Waals surface area contributed by atoms with Gasteiger partial charge >= 0.3 is 13.8 Å². The minimum Gasteiger partial charge on any atom is -0.457 e. The zero-order valence-corrected chi connectivity index (χ0v) is 35.3. The molecular weight excluding hydrogens is 715 g/mol. The Labute approximate surface area is 335 Å². The van der Waals surface area contributed by atoms with Gasteiger partial charge in [0.05, 0.1) is 26.4 Å². The molecule has 0 aromatic heterocycles. The SMILES string of the molecule is CC/C=C\C/C=C\C/C=C\C/C=C\C/C=C\C/C=C\C/C=C\CCCC(=O)OC(COCCCCCCCCCCCCC)COP(=O)(O)OCC(O)CO. The molecule has 0 heterocycles. The smallest absolute Gasteiger partial charge is 0.457 e. The van der Waals surface area contributed by atoms with Gasteiger partial charge in [-0.05, 0) is 64.2 Å². The molecule has 0 bridgehead atoms. The molecule has 0 aliphatic heterocycles. The normalized spacial score (nSPS) is 14.9. The summed E-state index contributed by atoms with van der Waals surface area (Å²) >= 11 is 0. The van der Waals surface area contributed by atoms with Crippen molar-refractivity contribution >= 4 is 13.8 Å². The molecule has 0 amide bonds. The molecule has 0 aliphatic rings. The molecule has 0 spiro atoms. The molecule has 0 saturated heterocycles. The van der Waals surface area contributed by atoms with E-state index < -0.39 is 45.8 Å². The summed E-state index contributed by atoms with van der Waals surface area (Å²) in [6.07, 6.45) is 49.8. The van der Waals surface area contributed by atoms with Crippen LogP contribution in [-0.4, -0.2) is 66.3 Å². The summed E-state index contributed by atoms with van der Waals surface area (Å²) in [7, 11) is -4.53. The number of rotatable bonds is 39. The van der Waals surface area contributed by atoms with Crippen molar-refractivity contribution in [3.63, 3.8) is 0 Å². The number of aliphatic hydroxyl groups excluding tert-OH is 2. The fraction of sp³-hybridized carbons (Fsp3) is 0.667. The summed E-state index contributed by atoms with van der Waals surface area (Å²) in [6, 6.07) is 0. The maximum atomic E-state index is 12.6. The topological polar surface area (TPSA) is 132 Å². The first-order valence-electron chi connectivity index (χ1n) is 21.1. The van der Waals surface area contributed by atoms with Gasteiger partial charge in [0, 0.05) is 13.0 Å². The number of phosphoric acid groups is 1. The monoisotopic (exact) mass is 793 g/mol. The van der Waals surface area contributed by atoms with E-state index in [4.69, 9.17) is 23.6 Å². The van der Waals surface area contributed by atoms with Gasteiger partial charge in [0.2, 0.25) is 0 Å². The third-order valence-electron chi connectivity index (χ3n) is 8.35. The van der Waals surface area contributed by atoms with Crippen LogP contribution < -0.4 is 0 Å². The second-order valence-electron chi connectivity index (χ2n) is 13.6. The second kappa shape index (κ2) is 41.3. The average molecular weight is 793 g/mol. The van der Waals surface area contributed by atoms with Crippen LogP contribution in [0.3, 0.4) is 0 Å². The molecule has 0 aromatic rings. The number of ether oxygens (including phenoxy) is 2. The van der Waals surface area contributed by atoms with E-state index in [1.165, 1.54) is 51.4 Å². The van der Waals surface area contributed by atoms with Crippen molar-refractivity contribution in [3.8, 4) is 0 Å². The van der Waals surface area contributed by atoms with Gasteiger partial charge in [-0.15, -0.1) is 0 Å². The summed E-state index contributed by atoms with van der Waals surface area (Å²) < 4.78 is 33.2. The number of unbranched alkanes of at least 4 members (excludes halogenated alkanes) is 11. The first-order valence-corrected chi connectivity index (χ1v) is 22.6. The van der Waals surface area contributed by atoms with Crippen LogP contribution in [0.15, 0.2) is 85.1 Å². The van der Waals surface area contributed by atoms with E-state index in [2.05, 4.69) is 92.8 Å². The predicted octanol–water partition coefficient (Wildman–Crippen LogP) is 11.5. The molecule has 55 heavy (non-hydrogen) atoms. The van der Waals surface area contributed by atoms with Gasteiger partial charge in [-0.2, -0.15) is 0 Å². The lowest BCUT2D eigenvalue weighted by molar-refractivity contribution is -0.154. The molecule has 9 nitrogen and oxygen atoms in total. The minimum absolute atomic E-state index is 0.0224. The van der Waals surface area contributed by atoms with E-state index in [0.717, 1.165) is 70.6 Å². The number of hydrogen-bond acceptors (Lipinski definition) is 8. The highest BCUT2D eigenvalue weighted by Gasteiger charge is 2.26. The number of allylic oxidation sites excluding steroid dienone is 14. The van der Waals surface area contributed by atoms with E-state index >= 15 is 0 Å². The van der Waals surface area contributed by atoms with Crippen molar-refractivity contribution in [2.24, 2.45) is 0 Å². The summed E-state index contributed by atoms with van der Waals surface area (Å²) in [5.74, 6) is -0.443. The molecule has 3 unspecified atom stereocenters. The maximum absolute atomic E-state index is 12.6. The van der Waals surface area contributed by atoms with Crippen LogP contribution in [0.25, 0.3) is 0 Å². The van der Waals surface area contributed by atoms with Gasteiger partial charge in [0.15, 0.2) is 0 Å². The largest absolute Gasteiger partial charge is 0.472 e. The Morgan fingerprint density at radius 1 is 0.582 bits per heavy atom. The summed E-state index contributed by atoms with van der Waals surface area (Å²) in [5.41, 5.74) is 0. The number of esters is 1. The van der Waals surface area contributed by atoms with E-state index in [1.54, 1.807) is 0 Å². The van der Waals surface area contributed by atoms with Crippen molar-refractivity contribution in [1.29, 1.82) is 0 Å². The molecule has 0 saturated carbocycles. The average Bonchev–Trinajstić information content (AvgIpc) is 3.18. The number of carbonyl (C=O) groups is 1. The second-order valence-corrected chi connectivity index (χ2v) is 15.1. The third-order valence-corrected chi connectivity index (χ3v) is 9.30.